The van der Waals surface area contributed by atoms with Crippen molar-refractivity contribution in [2.75, 3.05) is 5.32 Å². The van der Waals surface area contributed by atoms with Gasteiger partial charge in [-0.05, 0) is 56.2 Å². The van der Waals surface area contributed by atoms with Gasteiger partial charge in [-0.2, -0.15) is 0 Å². The monoisotopic (exact) mass is 387 g/mol. The van der Waals surface area contributed by atoms with E-state index in [9.17, 15) is 9.59 Å². The van der Waals surface area contributed by atoms with Crippen LogP contribution in [0.25, 0.3) is 0 Å². The van der Waals surface area contributed by atoms with E-state index in [1.165, 1.54) is 0 Å². The van der Waals surface area contributed by atoms with Crippen LogP contribution in [0.2, 0.25) is 0 Å². The number of carbonyl (C=O) groups is 2. The second kappa shape index (κ2) is 6.06. The summed E-state index contributed by atoms with van der Waals surface area (Å²) in [5, 5.41) is 2.89. The van der Waals surface area contributed by atoms with Crippen LogP contribution in [0.15, 0.2) is 40.9 Å². The van der Waals surface area contributed by atoms with Crippen molar-refractivity contribution in [2.45, 2.75) is 32.8 Å². The molecule has 0 fully saturated rings. The normalized spacial score (nSPS) is 19.4. The number of esters is 1. The summed E-state index contributed by atoms with van der Waals surface area (Å²) in [6.45, 7) is 5.58. The third-order valence-electron chi connectivity index (χ3n) is 4.24. The maximum atomic E-state index is 12.8. The molecule has 0 radical (unpaired) electrons. The van der Waals surface area contributed by atoms with E-state index < -0.39 is 11.6 Å². The second-order valence-corrected chi connectivity index (χ2v) is 7.29. The van der Waals surface area contributed by atoms with Gasteiger partial charge >= 0.3 is 5.97 Å². The van der Waals surface area contributed by atoms with Crippen LogP contribution < -0.4 is 5.32 Å². The first-order chi connectivity index (χ1) is 11.3. The lowest BCUT2D eigenvalue weighted by molar-refractivity contribution is -0.134. The molecular weight excluding hydrogens is 370 g/mol. The smallest absolute Gasteiger partial charge is 0.339 e. The molecule has 1 aliphatic rings. The van der Waals surface area contributed by atoms with E-state index in [-0.39, 0.29) is 5.91 Å². The molecular formula is C19H18BrNO3. The van der Waals surface area contributed by atoms with E-state index in [4.69, 9.17) is 4.74 Å². The molecule has 4 nitrogen and oxygen atoms in total. The average Bonchev–Trinajstić information content (AvgIpc) is 2.49. The topological polar surface area (TPSA) is 55.4 Å². The molecule has 24 heavy (non-hydrogen) atoms. The number of nitrogens with one attached hydrogen (secondary N) is 1. The van der Waals surface area contributed by atoms with Crippen molar-refractivity contribution in [1.29, 1.82) is 0 Å². The molecule has 0 aliphatic carbocycles. The zero-order chi connectivity index (χ0) is 17.5. The van der Waals surface area contributed by atoms with Gasteiger partial charge in [-0.25, -0.2) is 4.79 Å². The summed E-state index contributed by atoms with van der Waals surface area (Å²) in [5.41, 5.74) is 2.90. The van der Waals surface area contributed by atoms with Crippen LogP contribution in [0, 0.1) is 13.8 Å². The molecule has 0 saturated carbocycles. The molecule has 2 aromatic rings. The minimum Gasteiger partial charge on any atom is -0.445 e. The first-order valence-electron chi connectivity index (χ1n) is 7.69. The standard InChI is InChI=1S/C19H18BrNO3/c1-11-4-7-16(12(2)8-11)21-18(23)19(3)10-13-9-14(20)5-6-15(13)17(22)24-19/h4-9H,10H2,1-3H3,(H,21,23). The highest BCUT2D eigenvalue weighted by molar-refractivity contribution is 9.10. The number of hydrogen-bond donors (Lipinski definition) is 1. The summed E-state index contributed by atoms with van der Waals surface area (Å²) >= 11 is 3.40. The Labute approximate surface area is 149 Å². The summed E-state index contributed by atoms with van der Waals surface area (Å²) in [6, 6.07) is 11.2. The number of rotatable bonds is 2. The van der Waals surface area contributed by atoms with Crippen molar-refractivity contribution in [3.05, 3.63) is 63.1 Å². The van der Waals surface area contributed by atoms with E-state index >= 15 is 0 Å². The van der Waals surface area contributed by atoms with Crippen molar-refractivity contribution >= 4 is 33.5 Å². The molecule has 1 aliphatic heterocycles. The fraction of sp³-hybridized carbons (Fsp3) is 0.263. The maximum absolute atomic E-state index is 12.8. The molecule has 0 spiro atoms. The van der Waals surface area contributed by atoms with Gasteiger partial charge in [-0.1, -0.05) is 33.6 Å². The van der Waals surface area contributed by atoms with E-state index in [1.807, 2.05) is 38.1 Å². The van der Waals surface area contributed by atoms with Crippen molar-refractivity contribution in [1.82, 2.24) is 0 Å². The van der Waals surface area contributed by atoms with Gasteiger partial charge < -0.3 is 10.1 Å². The van der Waals surface area contributed by atoms with Gasteiger partial charge in [0.25, 0.3) is 5.91 Å². The van der Waals surface area contributed by atoms with Crippen LogP contribution in [0.1, 0.15) is 34.0 Å². The number of amides is 1. The van der Waals surface area contributed by atoms with Crippen molar-refractivity contribution < 1.29 is 14.3 Å². The molecule has 3 rings (SSSR count). The first-order valence-corrected chi connectivity index (χ1v) is 8.48. The van der Waals surface area contributed by atoms with E-state index in [2.05, 4.69) is 21.2 Å². The minimum absolute atomic E-state index is 0.326. The Kier molecular flexibility index (Phi) is 4.22. The van der Waals surface area contributed by atoms with Gasteiger partial charge in [-0.3, -0.25) is 4.79 Å². The van der Waals surface area contributed by atoms with Crippen LogP contribution in [-0.2, 0) is 16.0 Å². The van der Waals surface area contributed by atoms with Crippen LogP contribution in [0.5, 0.6) is 0 Å². The maximum Gasteiger partial charge on any atom is 0.339 e. The zero-order valence-electron chi connectivity index (χ0n) is 13.8. The van der Waals surface area contributed by atoms with E-state index in [0.717, 1.165) is 26.9 Å². The highest BCUT2D eigenvalue weighted by Gasteiger charge is 2.42. The second-order valence-electron chi connectivity index (χ2n) is 6.37. The number of halogens is 1. The lowest BCUT2D eigenvalue weighted by Crippen LogP contribution is -2.49. The van der Waals surface area contributed by atoms with Gasteiger partial charge in [0.05, 0.1) is 5.56 Å². The summed E-state index contributed by atoms with van der Waals surface area (Å²) in [4.78, 5) is 25.0. The Hall–Kier alpha value is -2.14. The molecule has 1 heterocycles. The molecule has 1 atom stereocenters. The highest BCUT2D eigenvalue weighted by Crippen LogP contribution is 2.31. The van der Waals surface area contributed by atoms with Gasteiger partial charge in [0.1, 0.15) is 0 Å². The Balaban J connectivity index is 1.88. The molecule has 124 valence electrons. The van der Waals surface area contributed by atoms with E-state index in [0.29, 0.717) is 12.0 Å². The number of anilines is 1. The Morgan fingerprint density at radius 2 is 1.96 bits per heavy atom. The fourth-order valence-electron chi connectivity index (χ4n) is 2.90. The van der Waals surface area contributed by atoms with Gasteiger partial charge in [0, 0.05) is 16.6 Å². The van der Waals surface area contributed by atoms with Crippen molar-refractivity contribution in [3.63, 3.8) is 0 Å². The number of hydrogen-bond acceptors (Lipinski definition) is 3. The lowest BCUT2D eigenvalue weighted by Gasteiger charge is -2.33. The summed E-state index contributed by atoms with van der Waals surface area (Å²) in [7, 11) is 0. The predicted octanol–water partition coefficient (Wildman–Crippen LogP) is 4.18. The number of ether oxygens (including phenoxy) is 1. The summed E-state index contributed by atoms with van der Waals surface area (Å²) in [6.07, 6.45) is 0.338. The van der Waals surface area contributed by atoms with Crippen LogP contribution in [0.4, 0.5) is 5.69 Å². The van der Waals surface area contributed by atoms with Gasteiger partial charge in [0.15, 0.2) is 5.60 Å². The number of carbonyl (C=O) groups excluding carboxylic acids is 2. The zero-order valence-corrected chi connectivity index (χ0v) is 15.4. The minimum atomic E-state index is -1.23. The fourth-order valence-corrected chi connectivity index (χ4v) is 3.31. The van der Waals surface area contributed by atoms with Gasteiger partial charge in [0.2, 0.25) is 0 Å². The molecule has 2 aromatic carbocycles. The number of aryl methyl sites for hydroxylation is 2. The summed E-state index contributed by atoms with van der Waals surface area (Å²) in [5.74, 6) is -0.796. The Morgan fingerprint density at radius 3 is 2.67 bits per heavy atom. The highest BCUT2D eigenvalue weighted by atomic mass is 79.9. The van der Waals surface area contributed by atoms with E-state index in [1.54, 1.807) is 19.1 Å². The summed E-state index contributed by atoms with van der Waals surface area (Å²) < 4.78 is 6.34. The third kappa shape index (κ3) is 3.08. The van der Waals surface area contributed by atoms with Crippen molar-refractivity contribution in [2.24, 2.45) is 0 Å². The lowest BCUT2D eigenvalue weighted by atomic mass is 9.89. The molecule has 0 aromatic heterocycles. The van der Waals surface area contributed by atoms with Crippen LogP contribution >= 0.6 is 15.9 Å². The molecule has 0 saturated heterocycles. The quantitative estimate of drug-likeness (QED) is 0.786. The number of cyclic esters (lactones) is 1. The Bertz CT molecular complexity index is 847. The Morgan fingerprint density at radius 1 is 1.21 bits per heavy atom. The molecule has 1 N–H and O–H groups in total. The van der Waals surface area contributed by atoms with Crippen molar-refractivity contribution in [3.8, 4) is 0 Å². The molecule has 1 amide bonds. The van der Waals surface area contributed by atoms with Gasteiger partial charge in [-0.15, -0.1) is 0 Å². The average molecular weight is 388 g/mol. The molecule has 0 bridgehead atoms. The SMILES string of the molecule is Cc1ccc(NC(=O)C2(C)Cc3cc(Br)ccc3C(=O)O2)c(C)c1. The third-order valence-corrected chi connectivity index (χ3v) is 4.74. The van der Waals surface area contributed by atoms with Crippen LogP contribution in [-0.4, -0.2) is 17.5 Å². The number of benzene rings is 2. The molecule has 1 unspecified atom stereocenters. The van der Waals surface area contributed by atoms with Crippen LogP contribution in [0.3, 0.4) is 0 Å². The largest absolute Gasteiger partial charge is 0.445 e. The predicted molar refractivity (Wildman–Crippen MR) is 96.2 cm³/mol. The number of fused-ring (bicyclic) bond motifs is 1. The molecule has 5 heteroatoms. The first kappa shape index (κ1) is 16.7.